The van der Waals surface area contributed by atoms with Gasteiger partial charge in [0.15, 0.2) is 0 Å². The Morgan fingerprint density at radius 2 is 1.28 bits per heavy atom. The molecule has 0 aliphatic heterocycles. The highest BCUT2D eigenvalue weighted by molar-refractivity contribution is 7.92. The molecule has 0 fully saturated rings. The summed E-state index contributed by atoms with van der Waals surface area (Å²) < 4.78 is 153. The quantitative estimate of drug-likeness (QED) is 0.179. The Labute approximate surface area is 262 Å². The first-order chi connectivity index (χ1) is 21.7. The Kier molecular flexibility index (Phi) is 9.85. The van der Waals surface area contributed by atoms with Gasteiger partial charge in [-0.1, -0.05) is 42.5 Å². The molecule has 6 nitrogen and oxygen atoms in total. The zero-order valence-corrected chi connectivity index (χ0v) is 24.8. The van der Waals surface area contributed by atoms with Gasteiger partial charge >= 0.3 is 18.5 Å². The second-order valence-electron chi connectivity index (χ2n) is 10.1. The van der Waals surface area contributed by atoms with Crippen LogP contribution >= 0.6 is 0 Å². The van der Waals surface area contributed by atoms with E-state index in [0.717, 1.165) is 40.7 Å². The topological polar surface area (TPSA) is 75.7 Å². The third-order valence-electron chi connectivity index (χ3n) is 6.66. The van der Waals surface area contributed by atoms with Gasteiger partial charge in [-0.3, -0.25) is 9.10 Å². The molecule has 0 unspecified atom stereocenters. The molecular formula is C31H23F9N2O4S. The number of hydrogen-bond donors (Lipinski definition) is 1. The summed E-state index contributed by atoms with van der Waals surface area (Å²) in [6.07, 6.45) is -15.1. The summed E-state index contributed by atoms with van der Waals surface area (Å²) in [5, 5.41) is 2.16. The Morgan fingerprint density at radius 1 is 0.702 bits per heavy atom. The molecule has 4 rings (SSSR count). The van der Waals surface area contributed by atoms with Crippen LogP contribution in [0.15, 0.2) is 91.0 Å². The van der Waals surface area contributed by atoms with Gasteiger partial charge < -0.3 is 10.1 Å². The van der Waals surface area contributed by atoms with Crippen LogP contribution in [0.4, 0.5) is 50.9 Å². The molecule has 4 aromatic rings. The van der Waals surface area contributed by atoms with E-state index in [1.165, 1.54) is 13.1 Å². The maximum atomic E-state index is 13.3. The molecule has 250 valence electrons. The van der Waals surface area contributed by atoms with E-state index in [1.807, 2.05) is 0 Å². The number of hydrogen-bond acceptors (Lipinski definition) is 4. The predicted octanol–water partition coefficient (Wildman–Crippen LogP) is 8.54. The van der Waals surface area contributed by atoms with Crippen molar-refractivity contribution in [3.8, 4) is 5.75 Å². The van der Waals surface area contributed by atoms with Crippen molar-refractivity contribution in [1.29, 1.82) is 0 Å². The zero-order chi connectivity index (χ0) is 34.8. The molecule has 0 radical (unpaired) electrons. The molecule has 0 heterocycles. The summed E-state index contributed by atoms with van der Waals surface area (Å²) in [5.74, 6) is -2.13. The highest BCUT2D eigenvalue weighted by atomic mass is 32.2. The number of alkyl halides is 9. The van der Waals surface area contributed by atoms with Crippen LogP contribution in [-0.4, -0.2) is 21.4 Å². The summed E-state index contributed by atoms with van der Waals surface area (Å²) >= 11 is 0. The van der Waals surface area contributed by atoms with Gasteiger partial charge in [0.05, 0.1) is 28.1 Å². The number of nitrogens with one attached hydrogen (secondary N) is 1. The number of ether oxygens (including phenoxy) is 1. The minimum atomic E-state index is -5.21. The molecule has 0 bridgehead atoms. The Morgan fingerprint density at radius 3 is 1.85 bits per heavy atom. The van der Waals surface area contributed by atoms with Crippen LogP contribution in [0.2, 0.25) is 0 Å². The summed E-state index contributed by atoms with van der Waals surface area (Å²) in [5.41, 5.74) is -5.33. The summed E-state index contributed by atoms with van der Waals surface area (Å²) in [4.78, 5) is 12.9. The first kappa shape index (κ1) is 35.1. The van der Waals surface area contributed by atoms with Crippen molar-refractivity contribution in [2.75, 3.05) is 16.7 Å². The van der Waals surface area contributed by atoms with Gasteiger partial charge in [-0.05, 0) is 53.6 Å². The van der Waals surface area contributed by atoms with Crippen LogP contribution in [0.5, 0.6) is 5.75 Å². The fourth-order valence-corrected chi connectivity index (χ4v) is 5.54. The molecule has 0 aliphatic carbocycles. The maximum absolute atomic E-state index is 13.3. The van der Waals surface area contributed by atoms with Gasteiger partial charge in [0.2, 0.25) is 10.0 Å². The number of anilines is 2. The molecule has 0 aliphatic rings. The van der Waals surface area contributed by atoms with Gasteiger partial charge in [0.1, 0.15) is 12.4 Å². The van der Waals surface area contributed by atoms with Gasteiger partial charge in [0.25, 0.3) is 5.91 Å². The Bertz CT molecular complexity index is 1830. The average molecular weight is 691 g/mol. The van der Waals surface area contributed by atoms with Crippen LogP contribution < -0.4 is 14.4 Å². The maximum Gasteiger partial charge on any atom is 0.416 e. The van der Waals surface area contributed by atoms with E-state index in [-0.39, 0.29) is 40.9 Å². The molecule has 0 saturated carbocycles. The number of halogens is 9. The standard InChI is InChI=1S/C31H23F9N2O4S/c1-42(47(44,45)18-19-6-3-2-4-7-19)26-11-10-25(16-27(26)46-17-20-8-5-9-22(12-20)29(32,33)34)41-28(43)21-13-23(30(35,36)37)15-24(14-21)31(38,39)40/h2-16H,17-18H2,1H3,(H,41,43). The molecule has 0 spiro atoms. The van der Waals surface area contributed by atoms with E-state index in [2.05, 4.69) is 5.32 Å². The molecule has 47 heavy (non-hydrogen) atoms. The molecule has 0 atom stereocenters. The van der Waals surface area contributed by atoms with Crippen molar-refractivity contribution in [3.63, 3.8) is 0 Å². The lowest BCUT2D eigenvalue weighted by Crippen LogP contribution is -2.28. The number of nitrogens with zero attached hydrogens (tertiary/aromatic N) is 1. The summed E-state index contributed by atoms with van der Waals surface area (Å²) in [6.45, 7) is -0.524. The zero-order valence-electron chi connectivity index (χ0n) is 24.0. The molecule has 1 N–H and O–H groups in total. The lowest BCUT2D eigenvalue weighted by atomic mass is 10.0. The molecule has 0 aromatic heterocycles. The van der Waals surface area contributed by atoms with Crippen LogP contribution in [0.1, 0.15) is 38.2 Å². The predicted molar refractivity (Wildman–Crippen MR) is 154 cm³/mol. The molecule has 1 amide bonds. The number of amides is 1. The first-order valence-electron chi connectivity index (χ1n) is 13.3. The van der Waals surface area contributed by atoms with Crippen molar-refractivity contribution in [2.24, 2.45) is 0 Å². The van der Waals surface area contributed by atoms with Gasteiger partial charge in [-0.2, -0.15) is 39.5 Å². The van der Waals surface area contributed by atoms with E-state index in [4.69, 9.17) is 4.74 Å². The van der Waals surface area contributed by atoms with Crippen molar-refractivity contribution < 1.29 is 57.5 Å². The lowest BCUT2D eigenvalue weighted by molar-refractivity contribution is -0.143. The first-order valence-corrected chi connectivity index (χ1v) is 14.9. The summed E-state index contributed by atoms with van der Waals surface area (Å²) in [6, 6.07) is 15.7. The minimum absolute atomic E-state index is 0.0265. The SMILES string of the molecule is CN(c1ccc(NC(=O)c2cc(C(F)(F)F)cc(C(F)(F)F)c2)cc1OCc1cccc(C(F)(F)F)c1)S(=O)(=O)Cc1ccccc1. The highest BCUT2D eigenvalue weighted by Gasteiger charge is 2.37. The second kappa shape index (κ2) is 13.2. The Hall–Kier alpha value is -4.73. The van der Waals surface area contributed by atoms with Crippen LogP contribution in [0, 0.1) is 0 Å². The van der Waals surface area contributed by atoms with Crippen molar-refractivity contribution in [2.45, 2.75) is 30.9 Å². The van der Waals surface area contributed by atoms with Gasteiger partial charge in [-0.15, -0.1) is 0 Å². The number of carbonyl (C=O) groups is 1. The Balaban J connectivity index is 1.70. The van der Waals surface area contributed by atoms with Crippen LogP contribution in [0.3, 0.4) is 0 Å². The molecule has 0 saturated heterocycles. The third-order valence-corrected chi connectivity index (χ3v) is 8.39. The van der Waals surface area contributed by atoms with Gasteiger partial charge in [0, 0.05) is 24.4 Å². The largest absolute Gasteiger partial charge is 0.487 e. The van der Waals surface area contributed by atoms with Crippen LogP contribution in [-0.2, 0) is 40.9 Å². The monoisotopic (exact) mass is 690 g/mol. The molecular weight excluding hydrogens is 667 g/mol. The highest BCUT2D eigenvalue weighted by Crippen LogP contribution is 2.38. The average Bonchev–Trinajstić information content (AvgIpc) is 2.98. The third kappa shape index (κ3) is 8.96. The van der Waals surface area contributed by atoms with Crippen LogP contribution in [0.25, 0.3) is 0 Å². The number of sulfonamides is 1. The molecule has 16 heteroatoms. The number of benzene rings is 4. The molecule has 4 aromatic carbocycles. The minimum Gasteiger partial charge on any atom is -0.487 e. The smallest absolute Gasteiger partial charge is 0.416 e. The fourth-order valence-electron chi connectivity index (χ4n) is 4.29. The van der Waals surface area contributed by atoms with E-state index >= 15 is 0 Å². The van der Waals surface area contributed by atoms with Crippen molar-refractivity contribution in [3.05, 3.63) is 124 Å². The van der Waals surface area contributed by atoms with E-state index < -0.39 is 69.1 Å². The van der Waals surface area contributed by atoms with E-state index in [0.29, 0.717) is 5.56 Å². The summed E-state index contributed by atoms with van der Waals surface area (Å²) in [7, 11) is -2.94. The number of rotatable bonds is 9. The van der Waals surface area contributed by atoms with Crippen molar-refractivity contribution >= 4 is 27.3 Å². The fraction of sp³-hybridized carbons (Fsp3) is 0.194. The lowest BCUT2D eigenvalue weighted by Gasteiger charge is -2.23. The van der Waals surface area contributed by atoms with Gasteiger partial charge in [-0.25, -0.2) is 8.42 Å². The normalized spacial score (nSPS) is 12.5. The van der Waals surface area contributed by atoms with E-state index in [1.54, 1.807) is 30.3 Å². The number of carbonyl (C=O) groups excluding carboxylic acids is 1. The van der Waals surface area contributed by atoms with Crippen molar-refractivity contribution in [1.82, 2.24) is 0 Å². The van der Waals surface area contributed by atoms with E-state index in [9.17, 15) is 52.7 Å². The second-order valence-corrected chi connectivity index (χ2v) is 12.1.